The number of aliphatic carboxylic acids is 1. The Balaban J connectivity index is 2.25. The highest BCUT2D eigenvalue weighted by Gasteiger charge is 2.31. The second-order valence-electron chi connectivity index (χ2n) is 7.95. The number of carbonyl (C=O) groups excluding carboxylic acids is 4. The number of amides is 4. The van der Waals surface area contributed by atoms with Crippen LogP contribution in [0.5, 0.6) is 0 Å². The summed E-state index contributed by atoms with van der Waals surface area (Å²) in [4.78, 5) is 67.6. The molecule has 0 aliphatic rings. The fourth-order valence-corrected chi connectivity index (χ4v) is 3.20. The summed E-state index contributed by atoms with van der Waals surface area (Å²) in [7, 11) is 0. The Hall–Kier alpha value is -4.30. The summed E-state index contributed by atoms with van der Waals surface area (Å²) in [5, 5.41) is 25.6. The summed E-state index contributed by atoms with van der Waals surface area (Å²) < 4.78 is 0. The van der Waals surface area contributed by atoms with Crippen LogP contribution in [0, 0.1) is 0 Å². The van der Waals surface area contributed by atoms with Gasteiger partial charge in [0.15, 0.2) is 0 Å². The standard InChI is InChI=1S/C22H29N7O7/c23-14(8-18(24)31)19(32)27-16(7-13-9-25-11-26-13)21(34)28-15(6-12-4-2-1-3-5-12)20(33)29-17(10-30)22(35)36/h1-5,9,11,14-17,30H,6-8,10,23H2,(H2,24,31)(H,25,26)(H,27,32)(H,28,34)(H,29,33)(H,35,36). The number of primary amides is 1. The Morgan fingerprint density at radius 1 is 0.917 bits per heavy atom. The van der Waals surface area contributed by atoms with Gasteiger partial charge < -0.3 is 42.6 Å². The lowest BCUT2D eigenvalue weighted by atomic mass is 10.0. The molecule has 0 fully saturated rings. The maximum atomic E-state index is 13.2. The van der Waals surface area contributed by atoms with Gasteiger partial charge in [-0.2, -0.15) is 0 Å². The van der Waals surface area contributed by atoms with Crippen molar-refractivity contribution in [3.8, 4) is 0 Å². The number of aliphatic hydroxyl groups excluding tert-OH is 1. The van der Waals surface area contributed by atoms with Gasteiger partial charge in [0.1, 0.15) is 18.1 Å². The molecule has 0 saturated carbocycles. The van der Waals surface area contributed by atoms with Gasteiger partial charge in [0, 0.05) is 24.7 Å². The van der Waals surface area contributed by atoms with Crippen molar-refractivity contribution in [2.75, 3.05) is 6.61 Å². The van der Waals surface area contributed by atoms with E-state index in [0.717, 1.165) is 0 Å². The molecule has 4 atom stereocenters. The number of carboxylic acid groups (broad SMARTS) is 1. The van der Waals surface area contributed by atoms with Gasteiger partial charge in [0.25, 0.3) is 0 Å². The fraction of sp³-hybridized carbons (Fsp3) is 0.364. The summed E-state index contributed by atoms with van der Waals surface area (Å²) in [5.41, 5.74) is 11.9. The van der Waals surface area contributed by atoms with Crippen LogP contribution in [0.25, 0.3) is 0 Å². The number of aliphatic hydroxyl groups is 1. The van der Waals surface area contributed by atoms with Crippen LogP contribution in [-0.2, 0) is 36.8 Å². The normalized spacial score (nSPS) is 14.1. The van der Waals surface area contributed by atoms with Gasteiger partial charge in [-0.05, 0) is 5.56 Å². The number of H-pyrrole nitrogens is 1. The van der Waals surface area contributed by atoms with E-state index >= 15 is 0 Å². The van der Waals surface area contributed by atoms with E-state index < -0.39 is 66.8 Å². The zero-order chi connectivity index (χ0) is 26.7. The molecule has 2 rings (SSSR count). The van der Waals surface area contributed by atoms with Crippen molar-refractivity contribution in [2.45, 2.75) is 43.4 Å². The topological polar surface area (TPSA) is 243 Å². The molecule has 0 bridgehead atoms. The molecule has 4 amide bonds. The van der Waals surface area contributed by atoms with Crippen molar-refractivity contribution in [3.05, 3.63) is 54.1 Å². The number of carboxylic acids is 1. The van der Waals surface area contributed by atoms with E-state index in [2.05, 4.69) is 25.9 Å². The van der Waals surface area contributed by atoms with E-state index in [1.54, 1.807) is 30.3 Å². The van der Waals surface area contributed by atoms with Gasteiger partial charge >= 0.3 is 5.97 Å². The number of carbonyl (C=O) groups is 5. The number of hydrogen-bond acceptors (Lipinski definition) is 8. The van der Waals surface area contributed by atoms with Gasteiger partial charge in [-0.15, -0.1) is 0 Å². The lowest BCUT2D eigenvalue weighted by molar-refractivity contribution is -0.143. The predicted octanol–water partition coefficient (Wildman–Crippen LogP) is -3.07. The number of rotatable bonds is 14. The molecule has 1 heterocycles. The van der Waals surface area contributed by atoms with Crippen LogP contribution in [-0.4, -0.2) is 80.6 Å². The molecule has 194 valence electrons. The van der Waals surface area contributed by atoms with Crippen molar-refractivity contribution >= 4 is 29.6 Å². The SMILES string of the molecule is NC(=O)CC(N)C(=O)NC(Cc1cnc[nH]1)C(=O)NC(Cc1ccccc1)C(=O)NC(CO)C(=O)O. The summed E-state index contributed by atoms with van der Waals surface area (Å²) in [6, 6.07) is 3.24. The van der Waals surface area contributed by atoms with Gasteiger partial charge in [-0.3, -0.25) is 19.2 Å². The van der Waals surface area contributed by atoms with Crippen LogP contribution < -0.4 is 27.4 Å². The number of aromatic amines is 1. The number of nitrogens with two attached hydrogens (primary N) is 2. The van der Waals surface area contributed by atoms with Crippen LogP contribution in [0.15, 0.2) is 42.9 Å². The monoisotopic (exact) mass is 503 g/mol. The van der Waals surface area contributed by atoms with Crippen LogP contribution in [0.3, 0.4) is 0 Å². The second-order valence-corrected chi connectivity index (χ2v) is 7.95. The molecular formula is C22H29N7O7. The third kappa shape index (κ3) is 8.81. The molecule has 2 aromatic rings. The third-order valence-corrected chi connectivity index (χ3v) is 5.08. The molecule has 4 unspecified atom stereocenters. The molecule has 0 saturated heterocycles. The maximum absolute atomic E-state index is 13.2. The van der Waals surface area contributed by atoms with Gasteiger partial charge in [0.2, 0.25) is 23.6 Å². The quantitative estimate of drug-likeness (QED) is 0.130. The van der Waals surface area contributed by atoms with Gasteiger partial charge in [-0.25, -0.2) is 9.78 Å². The molecule has 0 radical (unpaired) electrons. The van der Waals surface area contributed by atoms with Gasteiger partial charge in [-0.1, -0.05) is 30.3 Å². The molecule has 14 heteroatoms. The second kappa shape index (κ2) is 13.6. The number of imidazole rings is 1. The first-order valence-electron chi connectivity index (χ1n) is 10.9. The molecule has 0 spiro atoms. The zero-order valence-electron chi connectivity index (χ0n) is 19.2. The van der Waals surface area contributed by atoms with E-state index in [-0.39, 0.29) is 12.8 Å². The van der Waals surface area contributed by atoms with E-state index in [9.17, 15) is 29.1 Å². The Kier molecular flexibility index (Phi) is 10.5. The lowest BCUT2D eigenvalue weighted by Crippen LogP contribution is -2.58. The molecule has 36 heavy (non-hydrogen) atoms. The molecule has 14 nitrogen and oxygen atoms in total. The molecule has 1 aromatic heterocycles. The number of hydrogen-bond donors (Lipinski definition) is 8. The number of nitrogens with one attached hydrogen (secondary N) is 4. The fourth-order valence-electron chi connectivity index (χ4n) is 3.20. The van der Waals surface area contributed by atoms with Crippen molar-refractivity contribution in [3.63, 3.8) is 0 Å². The largest absolute Gasteiger partial charge is 0.480 e. The minimum absolute atomic E-state index is 0.0118. The molecule has 1 aromatic carbocycles. The average Bonchev–Trinajstić information content (AvgIpc) is 3.34. The number of nitrogens with zero attached hydrogens (tertiary/aromatic N) is 1. The summed E-state index contributed by atoms with van der Waals surface area (Å²) in [6.45, 7) is -0.858. The van der Waals surface area contributed by atoms with Crippen molar-refractivity contribution in [1.29, 1.82) is 0 Å². The Morgan fingerprint density at radius 2 is 1.50 bits per heavy atom. The van der Waals surface area contributed by atoms with Crippen LogP contribution >= 0.6 is 0 Å². The summed E-state index contributed by atoms with van der Waals surface area (Å²) in [6.07, 6.45) is 2.29. The summed E-state index contributed by atoms with van der Waals surface area (Å²) in [5.74, 6) is -4.71. The Labute approximate surface area is 205 Å². The summed E-state index contributed by atoms with van der Waals surface area (Å²) >= 11 is 0. The molecule has 10 N–H and O–H groups in total. The highest BCUT2D eigenvalue weighted by molar-refractivity contribution is 5.95. The first kappa shape index (κ1) is 27.9. The smallest absolute Gasteiger partial charge is 0.328 e. The third-order valence-electron chi connectivity index (χ3n) is 5.08. The van der Waals surface area contributed by atoms with Gasteiger partial charge in [0.05, 0.1) is 25.4 Å². The van der Waals surface area contributed by atoms with Crippen LogP contribution in [0.4, 0.5) is 0 Å². The first-order chi connectivity index (χ1) is 17.1. The van der Waals surface area contributed by atoms with Crippen molar-refractivity contribution < 1.29 is 34.2 Å². The molecular weight excluding hydrogens is 474 g/mol. The average molecular weight is 504 g/mol. The van der Waals surface area contributed by atoms with Crippen molar-refractivity contribution in [2.24, 2.45) is 11.5 Å². The predicted molar refractivity (Wildman–Crippen MR) is 125 cm³/mol. The molecule has 0 aliphatic heterocycles. The molecule has 0 aliphatic carbocycles. The Bertz CT molecular complexity index is 1050. The number of aromatic nitrogens is 2. The first-order valence-corrected chi connectivity index (χ1v) is 10.9. The van der Waals surface area contributed by atoms with E-state index in [4.69, 9.17) is 16.6 Å². The lowest BCUT2D eigenvalue weighted by Gasteiger charge is -2.25. The Morgan fingerprint density at radius 3 is 2.03 bits per heavy atom. The minimum Gasteiger partial charge on any atom is -0.480 e. The maximum Gasteiger partial charge on any atom is 0.328 e. The van der Waals surface area contributed by atoms with Crippen molar-refractivity contribution in [1.82, 2.24) is 25.9 Å². The highest BCUT2D eigenvalue weighted by atomic mass is 16.4. The highest BCUT2D eigenvalue weighted by Crippen LogP contribution is 2.06. The zero-order valence-corrected chi connectivity index (χ0v) is 19.2. The van der Waals surface area contributed by atoms with Crippen LogP contribution in [0.1, 0.15) is 17.7 Å². The van der Waals surface area contributed by atoms with E-state index in [0.29, 0.717) is 11.3 Å². The number of benzene rings is 1. The van der Waals surface area contributed by atoms with Crippen LogP contribution in [0.2, 0.25) is 0 Å². The van der Waals surface area contributed by atoms with E-state index in [1.165, 1.54) is 12.5 Å². The van der Waals surface area contributed by atoms with E-state index in [1.807, 2.05) is 0 Å². The minimum atomic E-state index is -1.58.